The largest absolute Gasteiger partial charge is 0.490 e. The van der Waals surface area contributed by atoms with Crippen molar-refractivity contribution in [3.8, 4) is 11.5 Å². The molecule has 21 heavy (non-hydrogen) atoms. The molecule has 0 spiro atoms. The second-order valence-corrected chi connectivity index (χ2v) is 5.97. The number of nitrogens with zero attached hydrogens (tertiary/aromatic N) is 2. The predicted octanol–water partition coefficient (Wildman–Crippen LogP) is 3.50. The second kappa shape index (κ2) is 5.89. The Morgan fingerprint density at radius 2 is 2.14 bits per heavy atom. The molecule has 0 aliphatic carbocycles. The molecule has 1 aromatic heterocycles. The molecule has 1 atom stereocenters. The first-order chi connectivity index (χ1) is 10.1. The van der Waals surface area contributed by atoms with Crippen LogP contribution >= 0.6 is 12.2 Å². The summed E-state index contributed by atoms with van der Waals surface area (Å²) in [5.41, 5.74) is 0. The zero-order valence-corrected chi connectivity index (χ0v) is 13.0. The Morgan fingerprint density at radius 1 is 1.38 bits per heavy atom. The third-order valence-corrected chi connectivity index (χ3v) is 3.69. The molecule has 1 aromatic carbocycles. The van der Waals surface area contributed by atoms with Gasteiger partial charge in [0.05, 0.1) is 6.61 Å². The van der Waals surface area contributed by atoms with Crippen LogP contribution in [0.5, 0.6) is 11.5 Å². The maximum atomic E-state index is 6.10. The summed E-state index contributed by atoms with van der Waals surface area (Å²) >= 11 is 5.33. The number of para-hydroxylation sites is 2. The van der Waals surface area contributed by atoms with E-state index >= 15 is 0 Å². The van der Waals surface area contributed by atoms with Gasteiger partial charge in [-0.25, -0.2) is 0 Å². The average Bonchev–Trinajstić information content (AvgIpc) is 2.70. The molecule has 0 fully saturated rings. The van der Waals surface area contributed by atoms with Crippen LogP contribution in [0.2, 0.25) is 0 Å². The molecule has 2 aromatic rings. The first-order valence-electron chi connectivity index (χ1n) is 7.18. The van der Waals surface area contributed by atoms with Crippen molar-refractivity contribution in [2.45, 2.75) is 32.9 Å². The number of aromatic nitrogens is 3. The Balaban J connectivity index is 1.93. The lowest BCUT2D eigenvalue weighted by molar-refractivity contribution is 0.178. The number of benzene rings is 1. The number of nitrogens with one attached hydrogen (secondary N) is 1. The average molecular weight is 305 g/mol. The predicted molar refractivity (Wildman–Crippen MR) is 82.2 cm³/mol. The molecule has 2 heterocycles. The summed E-state index contributed by atoms with van der Waals surface area (Å²) in [6, 6.07) is 7.72. The minimum absolute atomic E-state index is 0.152. The van der Waals surface area contributed by atoms with Crippen molar-refractivity contribution in [3.63, 3.8) is 0 Å². The summed E-state index contributed by atoms with van der Waals surface area (Å²) in [5.74, 6) is 2.87. The number of H-pyrrole nitrogens is 1. The van der Waals surface area contributed by atoms with Gasteiger partial charge in [-0.2, -0.15) is 5.10 Å². The van der Waals surface area contributed by atoms with E-state index in [9.17, 15) is 0 Å². The fourth-order valence-corrected chi connectivity index (χ4v) is 2.67. The lowest BCUT2D eigenvalue weighted by atomic mass is 10.2. The van der Waals surface area contributed by atoms with Crippen LogP contribution in [-0.4, -0.2) is 21.4 Å². The fraction of sp³-hybridized carbons (Fsp3) is 0.467. The molecule has 0 saturated heterocycles. The summed E-state index contributed by atoms with van der Waals surface area (Å²) in [5, 5.41) is 7.25. The molecule has 5 nitrogen and oxygen atoms in total. The summed E-state index contributed by atoms with van der Waals surface area (Å²) in [6.45, 7) is 5.74. The van der Waals surface area contributed by atoms with Gasteiger partial charge in [0.2, 0.25) is 0 Å². The van der Waals surface area contributed by atoms with Gasteiger partial charge in [-0.05, 0) is 30.3 Å². The third kappa shape index (κ3) is 2.95. The molecular formula is C15H19N3O2S. The first kappa shape index (κ1) is 14.1. The number of rotatable bonds is 3. The SMILES string of the molecule is CC(C)Cn1c(C2CCOc3ccccc3O2)n[nH]c1=S. The van der Waals surface area contributed by atoms with Gasteiger partial charge in [0.25, 0.3) is 0 Å². The highest BCUT2D eigenvalue weighted by molar-refractivity contribution is 7.71. The van der Waals surface area contributed by atoms with Gasteiger partial charge >= 0.3 is 0 Å². The Kier molecular flexibility index (Phi) is 3.96. The minimum atomic E-state index is -0.152. The van der Waals surface area contributed by atoms with E-state index in [2.05, 4.69) is 24.0 Å². The van der Waals surface area contributed by atoms with E-state index in [0.29, 0.717) is 17.3 Å². The van der Waals surface area contributed by atoms with E-state index in [-0.39, 0.29) is 6.10 Å². The molecule has 6 heteroatoms. The highest BCUT2D eigenvalue weighted by Gasteiger charge is 2.25. The van der Waals surface area contributed by atoms with Gasteiger partial charge in [0.15, 0.2) is 28.2 Å². The highest BCUT2D eigenvalue weighted by atomic mass is 32.1. The van der Waals surface area contributed by atoms with Crippen LogP contribution in [0.4, 0.5) is 0 Å². The molecule has 1 aliphatic heterocycles. The zero-order valence-electron chi connectivity index (χ0n) is 12.2. The molecule has 1 N–H and O–H groups in total. The fourth-order valence-electron chi connectivity index (χ4n) is 2.45. The molecule has 3 rings (SSSR count). The lowest BCUT2D eigenvalue weighted by Gasteiger charge is -2.17. The van der Waals surface area contributed by atoms with Crippen LogP contribution in [0.1, 0.15) is 32.2 Å². The monoisotopic (exact) mass is 305 g/mol. The molecule has 1 aliphatic rings. The van der Waals surface area contributed by atoms with Crippen molar-refractivity contribution >= 4 is 12.2 Å². The summed E-state index contributed by atoms with van der Waals surface area (Å²) in [6.07, 6.45) is 0.590. The quantitative estimate of drug-likeness (QED) is 0.882. The van der Waals surface area contributed by atoms with Crippen molar-refractivity contribution in [2.24, 2.45) is 5.92 Å². The lowest BCUT2D eigenvalue weighted by Crippen LogP contribution is -2.17. The van der Waals surface area contributed by atoms with Gasteiger partial charge < -0.3 is 14.0 Å². The molecule has 1 unspecified atom stereocenters. The smallest absolute Gasteiger partial charge is 0.195 e. The number of aromatic amines is 1. The topological polar surface area (TPSA) is 52.1 Å². The van der Waals surface area contributed by atoms with E-state index in [1.54, 1.807) is 0 Å². The third-order valence-electron chi connectivity index (χ3n) is 3.38. The second-order valence-electron chi connectivity index (χ2n) is 5.58. The number of ether oxygens (including phenoxy) is 2. The van der Waals surface area contributed by atoms with Crippen LogP contribution < -0.4 is 9.47 Å². The minimum Gasteiger partial charge on any atom is -0.490 e. The summed E-state index contributed by atoms with van der Waals surface area (Å²) in [7, 11) is 0. The Hall–Kier alpha value is -1.82. The van der Waals surface area contributed by atoms with Crippen LogP contribution in [-0.2, 0) is 6.54 Å². The first-order valence-corrected chi connectivity index (χ1v) is 7.59. The van der Waals surface area contributed by atoms with E-state index in [4.69, 9.17) is 21.7 Å². The molecule has 0 amide bonds. The van der Waals surface area contributed by atoms with Crippen LogP contribution in [0, 0.1) is 10.7 Å². The Bertz CT molecular complexity index is 678. The zero-order chi connectivity index (χ0) is 14.8. The van der Waals surface area contributed by atoms with E-state index in [1.165, 1.54) is 0 Å². The maximum absolute atomic E-state index is 6.10. The van der Waals surface area contributed by atoms with Gasteiger partial charge in [-0.1, -0.05) is 26.0 Å². The number of fused-ring (bicyclic) bond motifs is 1. The van der Waals surface area contributed by atoms with Gasteiger partial charge in [-0.15, -0.1) is 0 Å². The van der Waals surface area contributed by atoms with Crippen LogP contribution in [0.25, 0.3) is 0 Å². The summed E-state index contributed by atoms with van der Waals surface area (Å²) < 4.78 is 14.5. The standard InChI is InChI=1S/C15H19N3O2S/c1-10(2)9-18-14(16-17-15(18)21)13-7-8-19-11-5-3-4-6-12(11)20-13/h3-6,10,13H,7-9H2,1-2H3,(H,17,21). The van der Waals surface area contributed by atoms with E-state index in [1.807, 2.05) is 28.8 Å². The van der Waals surface area contributed by atoms with Crippen molar-refractivity contribution in [2.75, 3.05) is 6.61 Å². The molecule has 0 radical (unpaired) electrons. The van der Waals surface area contributed by atoms with Crippen molar-refractivity contribution in [3.05, 3.63) is 34.9 Å². The van der Waals surface area contributed by atoms with Crippen LogP contribution in [0.15, 0.2) is 24.3 Å². The summed E-state index contributed by atoms with van der Waals surface area (Å²) in [4.78, 5) is 0. The van der Waals surface area contributed by atoms with E-state index < -0.39 is 0 Å². The van der Waals surface area contributed by atoms with Gasteiger partial charge in [0.1, 0.15) is 0 Å². The molecule has 112 valence electrons. The number of hydrogen-bond donors (Lipinski definition) is 1. The van der Waals surface area contributed by atoms with Crippen molar-refractivity contribution in [1.82, 2.24) is 14.8 Å². The van der Waals surface area contributed by atoms with Crippen LogP contribution in [0.3, 0.4) is 0 Å². The Labute approximate surface area is 128 Å². The normalized spacial score (nSPS) is 17.8. The van der Waals surface area contributed by atoms with Gasteiger partial charge in [-0.3, -0.25) is 5.10 Å². The van der Waals surface area contributed by atoms with Gasteiger partial charge in [0, 0.05) is 13.0 Å². The van der Waals surface area contributed by atoms with E-state index in [0.717, 1.165) is 30.3 Å². The highest BCUT2D eigenvalue weighted by Crippen LogP contribution is 2.35. The van der Waals surface area contributed by atoms with Crippen molar-refractivity contribution in [1.29, 1.82) is 0 Å². The molecule has 0 saturated carbocycles. The number of hydrogen-bond acceptors (Lipinski definition) is 4. The molecular weight excluding hydrogens is 286 g/mol. The van der Waals surface area contributed by atoms with Crippen molar-refractivity contribution < 1.29 is 9.47 Å². The molecule has 0 bridgehead atoms. The Morgan fingerprint density at radius 3 is 2.90 bits per heavy atom. The maximum Gasteiger partial charge on any atom is 0.195 e.